The molecule has 3 aromatic rings. The zero-order valence-corrected chi connectivity index (χ0v) is 16.4. The Labute approximate surface area is 168 Å². The first-order valence-electron chi connectivity index (χ1n) is 8.68. The van der Waals surface area contributed by atoms with E-state index < -0.39 is 0 Å². The number of rotatable bonds is 7. The SMILES string of the molecule is C=CC(=O)Cc1cc(C)ccc1Nc1nc(Nc2cc(C)ccn2)ncc1Cl. The van der Waals surface area contributed by atoms with Crippen LogP contribution in [0.5, 0.6) is 0 Å². The highest BCUT2D eigenvalue weighted by Gasteiger charge is 2.11. The molecule has 0 saturated heterocycles. The second-order valence-corrected chi connectivity index (χ2v) is 6.77. The normalized spacial score (nSPS) is 10.4. The van der Waals surface area contributed by atoms with Crippen molar-refractivity contribution >= 4 is 40.7 Å². The number of carbonyl (C=O) groups is 1. The second-order valence-electron chi connectivity index (χ2n) is 6.37. The van der Waals surface area contributed by atoms with E-state index in [1.54, 1.807) is 6.20 Å². The number of anilines is 4. The molecule has 0 spiro atoms. The number of pyridine rings is 1. The summed E-state index contributed by atoms with van der Waals surface area (Å²) in [7, 11) is 0. The zero-order valence-electron chi connectivity index (χ0n) is 15.7. The Morgan fingerprint density at radius 1 is 1.14 bits per heavy atom. The number of hydrogen-bond acceptors (Lipinski definition) is 6. The quantitative estimate of drug-likeness (QED) is 0.554. The fourth-order valence-corrected chi connectivity index (χ4v) is 2.75. The lowest BCUT2D eigenvalue weighted by molar-refractivity contribution is -0.114. The topological polar surface area (TPSA) is 79.8 Å². The van der Waals surface area contributed by atoms with Gasteiger partial charge in [-0.2, -0.15) is 4.98 Å². The van der Waals surface area contributed by atoms with Crippen molar-refractivity contribution in [2.24, 2.45) is 0 Å². The molecule has 3 rings (SSSR count). The van der Waals surface area contributed by atoms with Gasteiger partial charge in [-0.1, -0.05) is 35.9 Å². The summed E-state index contributed by atoms with van der Waals surface area (Å²) in [5.74, 6) is 1.37. The Bertz CT molecular complexity index is 1040. The highest BCUT2D eigenvalue weighted by atomic mass is 35.5. The van der Waals surface area contributed by atoms with Crippen LogP contribution in [0.3, 0.4) is 0 Å². The van der Waals surface area contributed by atoms with Gasteiger partial charge in [0.05, 0.1) is 6.20 Å². The van der Waals surface area contributed by atoms with Crippen molar-refractivity contribution in [1.82, 2.24) is 15.0 Å². The summed E-state index contributed by atoms with van der Waals surface area (Å²) in [5.41, 5.74) is 3.72. The monoisotopic (exact) mass is 393 g/mol. The molecule has 6 nitrogen and oxygen atoms in total. The second kappa shape index (κ2) is 8.63. The summed E-state index contributed by atoms with van der Waals surface area (Å²) in [4.78, 5) is 24.7. The number of allylic oxidation sites excluding steroid dienone is 1. The molecule has 2 heterocycles. The van der Waals surface area contributed by atoms with Gasteiger partial charge >= 0.3 is 0 Å². The van der Waals surface area contributed by atoms with Gasteiger partial charge < -0.3 is 10.6 Å². The summed E-state index contributed by atoms with van der Waals surface area (Å²) < 4.78 is 0. The van der Waals surface area contributed by atoms with Gasteiger partial charge in [-0.25, -0.2) is 9.97 Å². The van der Waals surface area contributed by atoms with E-state index in [0.717, 1.165) is 22.4 Å². The Kier molecular flexibility index (Phi) is 6.01. The minimum absolute atomic E-state index is 0.0599. The summed E-state index contributed by atoms with van der Waals surface area (Å²) in [6.07, 6.45) is 4.79. The maximum Gasteiger partial charge on any atom is 0.230 e. The minimum atomic E-state index is -0.0599. The minimum Gasteiger partial charge on any atom is -0.339 e. The van der Waals surface area contributed by atoms with E-state index in [0.29, 0.717) is 22.6 Å². The van der Waals surface area contributed by atoms with Crippen LogP contribution < -0.4 is 10.6 Å². The van der Waals surface area contributed by atoms with Gasteiger partial charge in [0, 0.05) is 18.3 Å². The van der Waals surface area contributed by atoms with Crippen molar-refractivity contribution in [2.45, 2.75) is 20.3 Å². The molecule has 0 bridgehead atoms. The van der Waals surface area contributed by atoms with Crippen molar-refractivity contribution < 1.29 is 4.79 Å². The van der Waals surface area contributed by atoms with Crippen molar-refractivity contribution in [3.63, 3.8) is 0 Å². The van der Waals surface area contributed by atoms with Gasteiger partial charge in [0.2, 0.25) is 5.95 Å². The van der Waals surface area contributed by atoms with Gasteiger partial charge in [-0.3, -0.25) is 4.79 Å². The molecule has 2 N–H and O–H groups in total. The van der Waals surface area contributed by atoms with Crippen molar-refractivity contribution in [3.8, 4) is 0 Å². The van der Waals surface area contributed by atoms with Crippen LogP contribution in [-0.2, 0) is 11.2 Å². The fourth-order valence-electron chi connectivity index (χ4n) is 2.61. The van der Waals surface area contributed by atoms with Crippen molar-refractivity contribution in [1.29, 1.82) is 0 Å². The lowest BCUT2D eigenvalue weighted by atomic mass is 10.0. The number of hydrogen-bond donors (Lipinski definition) is 2. The molecule has 0 aliphatic rings. The Morgan fingerprint density at radius 3 is 2.68 bits per heavy atom. The van der Waals surface area contributed by atoms with Crippen LogP contribution in [0.2, 0.25) is 5.02 Å². The number of aromatic nitrogens is 3. The molecule has 0 aliphatic carbocycles. The van der Waals surface area contributed by atoms with Crippen LogP contribution in [0.15, 0.2) is 55.4 Å². The average Bonchev–Trinajstić information content (AvgIpc) is 2.66. The molecule has 0 amide bonds. The third kappa shape index (κ3) is 4.92. The predicted molar refractivity (Wildman–Crippen MR) is 113 cm³/mol. The molecule has 28 heavy (non-hydrogen) atoms. The molecule has 0 fully saturated rings. The smallest absolute Gasteiger partial charge is 0.230 e. The Hall–Kier alpha value is -3.25. The number of ketones is 1. The highest BCUT2D eigenvalue weighted by molar-refractivity contribution is 6.32. The first kappa shape index (κ1) is 19.5. The molecule has 0 aliphatic heterocycles. The molecule has 0 saturated carbocycles. The molecule has 1 aromatic carbocycles. The highest BCUT2D eigenvalue weighted by Crippen LogP contribution is 2.27. The van der Waals surface area contributed by atoms with E-state index in [-0.39, 0.29) is 12.2 Å². The van der Waals surface area contributed by atoms with E-state index in [1.807, 2.05) is 44.2 Å². The molecule has 7 heteroatoms. The van der Waals surface area contributed by atoms with Crippen LogP contribution in [-0.4, -0.2) is 20.7 Å². The van der Waals surface area contributed by atoms with E-state index in [1.165, 1.54) is 12.3 Å². The number of halogens is 1. The molecular formula is C21H20ClN5O. The van der Waals surface area contributed by atoms with Gasteiger partial charge in [0.1, 0.15) is 10.8 Å². The van der Waals surface area contributed by atoms with Gasteiger partial charge in [-0.15, -0.1) is 0 Å². The van der Waals surface area contributed by atoms with Crippen LogP contribution in [0, 0.1) is 13.8 Å². The summed E-state index contributed by atoms with van der Waals surface area (Å²) in [5, 5.41) is 6.63. The van der Waals surface area contributed by atoms with Crippen LogP contribution in [0.4, 0.5) is 23.3 Å². The maximum atomic E-state index is 11.8. The largest absolute Gasteiger partial charge is 0.339 e. The van der Waals surface area contributed by atoms with Gasteiger partial charge in [-0.05, 0) is 49.2 Å². The van der Waals surface area contributed by atoms with Crippen LogP contribution in [0.1, 0.15) is 16.7 Å². The van der Waals surface area contributed by atoms with E-state index in [2.05, 4.69) is 32.2 Å². The molecule has 0 atom stereocenters. The van der Waals surface area contributed by atoms with E-state index in [4.69, 9.17) is 11.6 Å². The Balaban J connectivity index is 1.88. The Morgan fingerprint density at radius 2 is 1.93 bits per heavy atom. The molecule has 142 valence electrons. The number of benzene rings is 1. The predicted octanol–water partition coefficient (Wildman–Crippen LogP) is 4.93. The standard InChI is InChI=1S/C21H20ClN5O/c1-4-16(28)11-15-9-13(2)5-6-18(15)25-20-17(22)12-24-21(27-20)26-19-10-14(3)7-8-23-19/h4-10,12H,1,11H2,2-3H3,(H2,23,24,25,26,27). The molecule has 0 unspecified atom stereocenters. The summed E-state index contributed by atoms with van der Waals surface area (Å²) in [6.45, 7) is 7.49. The van der Waals surface area contributed by atoms with E-state index in [9.17, 15) is 4.79 Å². The first-order valence-corrected chi connectivity index (χ1v) is 9.06. The molecule has 0 radical (unpaired) electrons. The maximum absolute atomic E-state index is 11.8. The van der Waals surface area contributed by atoms with Crippen molar-refractivity contribution in [3.05, 3.63) is 77.1 Å². The molecular weight excluding hydrogens is 374 g/mol. The lowest BCUT2D eigenvalue weighted by Crippen LogP contribution is -2.06. The summed E-state index contributed by atoms with van der Waals surface area (Å²) >= 11 is 6.28. The van der Waals surface area contributed by atoms with Crippen LogP contribution in [0.25, 0.3) is 0 Å². The third-order valence-electron chi connectivity index (χ3n) is 4.01. The number of nitrogens with zero attached hydrogens (tertiary/aromatic N) is 3. The zero-order chi connectivity index (χ0) is 20.1. The first-order chi connectivity index (χ1) is 13.4. The van der Waals surface area contributed by atoms with Crippen LogP contribution >= 0.6 is 11.6 Å². The summed E-state index contributed by atoms with van der Waals surface area (Å²) in [6, 6.07) is 9.60. The average molecular weight is 394 g/mol. The number of nitrogens with one attached hydrogen (secondary N) is 2. The third-order valence-corrected chi connectivity index (χ3v) is 4.28. The lowest BCUT2D eigenvalue weighted by Gasteiger charge is -2.14. The fraction of sp³-hybridized carbons (Fsp3) is 0.143. The van der Waals surface area contributed by atoms with Gasteiger partial charge in [0.15, 0.2) is 11.6 Å². The number of aryl methyl sites for hydroxylation is 2. The number of carbonyl (C=O) groups excluding carboxylic acids is 1. The van der Waals surface area contributed by atoms with Crippen molar-refractivity contribution in [2.75, 3.05) is 10.6 Å². The van der Waals surface area contributed by atoms with Gasteiger partial charge in [0.25, 0.3) is 0 Å². The molecule has 2 aromatic heterocycles. The van der Waals surface area contributed by atoms with E-state index >= 15 is 0 Å².